The Morgan fingerprint density at radius 1 is 1.21 bits per heavy atom. The van der Waals surface area contributed by atoms with Gasteiger partial charge < -0.3 is 14.4 Å². The molecule has 0 spiro atoms. The fraction of sp³-hybridized carbons (Fsp3) is 0.667. The smallest absolute Gasteiger partial charge is 0.255 e. The average Bonchev–Trinajstić information content (AvgIpc) is 2.63. The van der Waals surface area contributed by atoms with Gasteiger partial charge in [0.2, 0.25) is 0 Å². The molecule has 24 heavy (non-hydrogen) atoms. The summed E-state index contributed by atoms with van der Waals surface area (Å²) in [6, 6.07) is 2.18. The average molecular weight is 333 g/mol. The van der Waals surface area contributed by atoms with Gasteiger partial charge in [0.1, 0.15) is 0 Å². The van der Waals surface area contributed by atoms with Crippen LogP contribution in [0.4, 0.5) is 0 Å². The van der Waals surface area contributed by atoms with Crippen LogP contribution in [0.25, 0.3) is 0 Å². The first-order valence-corrected chi connectivity index (χ1v) is 8.84. The van der Waals surface area contributed by atoms with Crippen molar-refractivity contribution in [3.8, 4) is 0 Å². The Bertz CT molecular complexity index is 540. The number of carbonyl (C=O) groups is 1. The van der Waals surface area contributed by atoms with Gasteiger partial charge in [0.15, 0.2) is 0 Å². The van der Waals surface area contributed by atoms with Crippen LogP contribution < -0.4 is 0 Å². The lowest BCUT2D eigenvalue weighted by Gasteiger charge is -2.36. The molecule has 0 radical (unpaired) electrons. The highest BCUT2D eigenvalue weighted by Crippen LogP contribution is 2.18. The van der Waals surface area contributed by atoms with Crippen LogP contribution in [-0.2, 0) is 9.47 Å². The van der Waals surface area contributed by atoms with Gasteiger partial charge in [-0.25, -0.2) is 0 Å². The van der Waals surface area contributed by atoms with Crippen LogP contribution in [0.5, 0.6) is 0 Å². The Labute approximate surface area is 143 Å². The van der Waals surface area contributed by atoms with Crippen LogP contribution in [-0.4, -0.2) is 79.3 Å². The maximum atomic E-state index is 13.1. The number of pyridine rings is 1. The quantitative estimate of drug-likeness (QED) is 0.814. The van der Waals surface area contributed by atoms with E-state index < -0.39 is 0 Å². The molecular weight excluding hydrogens is 306 g/mol. The van der Waals surface area contributed by atoms with Crippen molar-refractivity contribution < 1.29 is 14.3 Å². The highest BCUT2D eigenvalue weighted by molar-refractivity contribution is 5.94. The molecule has 3 rings (SSSR count). The van der Waals surface area contributed by atoms with Gasteiger partial charge in [-0.05, 0) is 31.4 Å². The highest BCUT2D eigenvalue weighted by Gasteiger charge is 2.27. The fourth-order valence-electron chi connectivity index (χ4n) is 3.36. The molecule has 1 aromatic rings. The molecule has 2 saturated heterocycles. The van der Waals surface area contributed by atoms with E-state index in [4.69, 9.17) is 9.47 Å². The fourth-order valence-corrected chi connectivity index (χ4v) is 3.36. The number of ether oxygens (including phenoxy) is 2. The lowest BCUT2D eigenvalue weighted by Crippen LogP contribution is -2.48. The van der Waals surface area contributed by atoms with Gasteiger partial charge in [0.05, 0.1) is 18.8 Å². The second-order valence-electron chi connectivity index (χ2n) is 6.55. The number of aromatic nitrogens is 1. The summed E-state index contributed by atoms with van der Waals surface area (Å²) >= 11 is 0. The van der Waals surface area contributed by atoms with Gasteiger partial charge in [-0.2, -0.15) is 0 Å². The Morgan fingerprint density at radius 2 is 1.92 bits per heavy atom. The van der Waals surface area contributed by atoms with Gasteiger partial charge in [-0.3, -0.25) is 14.7 Å². The van der Waals surface area contributed by atoms with Gasteiger partial charge in [0.25, 0.3) is 5.91 Å². The summed E-state index contributed by atoms with van der Waals surface area (Å²) in [5.41, 5.74) is 1.70. The van der Waals surface area contributed by atoms with Crippen molar-refractivity contribution in [1.29, 1.82) is 0 Å². The van der Waals surface area contributed by atoms with Gasteiger partial charge >= 0.3 is 0 Å². The summed E-state index contributed by atoms with van der Waals surface area (Å²) in [6.45, 7) is 8.54. The number of hydrogen-bond donors (Lipinski definition) is 0. The molecular formula is C18H27N3O3. The Balaban J connectivity index is 1.69. The molecule has 6 heteroatoms. The number of morpholine rings is 1. The number of amides is 1. The van der Waals surface area contributed by atoms with Crippen molar-refractivity contribution >= 4 is 5.91 Å². The van der Waals surface area contributed by atoms with Crippen molar-refractivity contribution in [2.75, 3.05) is 52.6 Å². The molecule has 6 nitrogen and oxygen atoms in total. The van der Waals surface area contributed by atoms with Crippen LogP contribution in [0.1, 0.15) is 28.8 Å². The topological polar surface area (TPSA) is 54.9 Å². The van der Waals surface area contributed by atoms with Crippen molar-refractivity contribution in [3.63, 3.8) is 0 Å². The lowest BCUT2D eigenvalue weighted by atomic mass is 10.1. The molecule has 1 amide bonds. The Hall–Kier alpha value is -1.50. The minimum absolute atomic E-state index is 0.0892. The van der Waals surface area contributed by atoms with E-state index in [0.717, 1.165) is 71.0 Å². The summed E-state index contributed by atoms with van der Waals surface area (Å²) < 4.78 is 10.9. The minimum atomic E-state index is 0.0892. The molecule has 0 aromatic carbocycles. The zero-order valence-corrected chi connectivity index (χ0v) is 14.4. The van der Waals surface area contributed by atoms with E-state index in [9.17, 15) is 4.79 Å². The molecule has 0 N–H and O–H groups in total. The lowest BCUT2D eigenvalue weighted by molar-refractivity contribution is 0.0141. The van der Waals surface area contributed by atoms with Gasteiger partial charge in [0, 0.05) is 57.8 Å². The molecule has 0 saturated carbocycles. The first kappa shape index (κ1) is 17.3. The van der Waals surface area contributed by atoms with Crippen molar-refractivity contribution in [3.05, 3.63) is 29.6 Å². The highest BCUT2D eigenvalue weighted by atomic mass is 16.5. The second-order valence-corrected chi connectivity index (χ2v) is 6.55. The predicted octanol–water partition coefficient (Wildman–Crippen LogP) is 1.34. The van der Waals surface area contributed by atoms with E-state index in [1.165, 1.54) is 0 Å². The Kier molecular flexibility index (Phi) is 6.18. The summed E-state index contributed by atoms with van der Waals surface area (Å²) in [4.78, 5) is 21.7. The van der Waals surface area contributed by atoms with E-state index in [0.29, 0.717) is 5.56 Å². The maximum absolute atomic E-state index is 13.1. The molecule has 2 aliphatic heterocycles. The van der Waals surface area contributed by atoms with E-state index in [-0.39, 0.29) is 11.9 Å². The number of carbonyl (C=O) groups excluding carboxylic acids is 1. The molecule has 2 aliphatic rings. The number of aryl methyl sites for hydroxylation is 1. The standard InChI is InChI=1S/C18H27N3O3/c1-15-12-16(14-19-13-15)18(22)21(17-2-8-23-9-3-17)5-4-20-6-10-24-11-7-20/h12-14,17H,2-11H2,1H3. The summed E-state index contributed by atoms with van der Waals surface area (Å²) in [5, 5.41) is 0. The first-order valence-electron chi connectivity index (χ1n) is 8.84. The van der Waals surface area contributed by atoms with E-state index in [1.807, 2.05) is 17.9 Å². The third kappa shape index (κ3) is 4.53. The van der Waals surface area contributed by atoms with Gasteiger partial charge in [-0.15, -0.1) is 0 Å². The molecule has 3 heterocycles. The molecule has 0 bridgehead atoms. The zero-order chi connectivity index (χ0) is 16.8. The summed E-state index contributed by atoms with van der Waals surface area (Å²) in [5.74, 6) is 0.0892. The number of rotatable bonds is 5. The monoisotopic (exact) mass is 333 g/mol. The normalized spacial score (nSPS) is 20.0. The molecule has 2 fully saturated rings. The van der Waals surface area contributed by atoms with Crippen molar-refractivity contribution in [1.82, 2.24) is 14.8 Å². The van der Waals surface area contributed by atoms with Crippen LogP contribution >= 0.6 is 0 Å². The minimum Gasteiger partial charge on any atom is -0.381 e. The summed E-state index contributed by atoms with van der Waals surface area (Å²) in [7, 11) is 0. The molecule has 1 aromatic heterocycles. The van der Waals surface area contributed by atoms with Crippen molar-refractivity contribution in [2.24, 2.45) is 0 Å². The number of nitrogens with zero attached hydrogens (tertiary/aromatic N) is 3. The molecule has 132 valence electrons. The maximum Gasteiger partial charge on any atom is 0.255 e. The SMILES string of the molecule is Cc1cncc(C(=O)N(CCN2CCOCC2)C2CCOCC2)c1. The first-order chi connectivity index (χ1) is 11.7. The van der Waals surface area contributed by atoms with E-state index in [2.05, 4.69) is 9.88 Å². The van der Waals surface area contributed by atoms with E-state index in [1.54, 1.807) is 12.4 Å². The zero-order valence-electron chi connectivity index (χ0n) is 14.4. The van der Waals surface area contributed by atoms with Crippen LogP contribution in [0.15, 0.2) is 18.5 Å². The molecule has 0 aliphatic carbocycles. The summed E-state index contributed by atoms with van der Waals surface area (Å²) in [6.07, 6.45) is 5.28. The third-order valence-corrected chi connectivity index (χ3v) is 4.78. The third-order valence-electron chi connectivity index (χ3n) is 4.78. The van der Waals surface area contributed by atoms with E-state index >= 15 is 0 Å². The molecule has 0 atom stereocenters. The molecule has 0 unspecified atom stereocenters. The van der Waals surface area contributed by atoms with Crippen molar-refractivity contribution in [2.45, 2.75) is 25.8 Å². The number of hydrogen-bond acceptors (Lipinski definition) is 5. The second kappa shape index (κ2) is 8.55. The van der Waals surface area contributed by atoms with Crippen LogP contribution in [0, 0.1) is 6.92 Å². The van der Waals surface area contributed by atoms with Crippen LogP contribution in [0.2, 0.25) is 0 Å². The predicted molar refractivity (Wildman–Crippen MR) is 91.1 cm³/mol. The van der Waals surface area contributed by atoms with Crippen LogP contribution in [0.3, 0.4) is 0 Å². The largest absolute Gasteiger partial charge is 0.381 e. The van der Waals surface area contributed by atoms with Gasteiger partial charge in [-0.1, -0.05) is 0 Å². The Morgan fingerprint density at radius 3 is 2.62 bits per heavy atom.